The van der Waals surface area contributed by atoms with Crippen LogP contribution in [0.25, 0.3) is 0 Å². The largest absolute Gasteiger partial charge is 0.331 e. The van der Waals surface area contributed by atoms with Crippen LogP contribution in [0.15, 0.2) is 24.4 Å². The van der Waals surface area contributed by atoms with E-state index in [0.29, 0.717) is 25.1 Å². The molecule has 0 aromatic carbocycles. The Morgan fingerprint density at radius 3 is 2.71 bits per heavy atom. The third-order valence-corrected chi connectivity index (χ3v) is 5.93. The molecule has 3 heterocycles. The summed E-state index contributed by atoms with van der Waals surface area (Å²) < 4.78 is 25.1. The number of carbonyl (C=O) groups excluding carboxylic acids is 2. The van der Waals surface area contributed by atoms with Crippen LogP contribution in [0, 0.1) is 5.92 Å². The van der Waals surface area contributed by atoms with E-state index in [-0.39, 0.29) is 11.8 Å². The van der Waals surface area contributed by atoms with Crippen molar-refractivity contribution in [3.63, 3.8) is 0 Å². The molecule has 0 radical (unpaired) electrons. The van der Waals surface area contributed by atoms with Crippen molar-refractivity contribution in [1.29, 1.82) is 0 Å². The first-order chi connectivity index (χ1) is 11.4. The van der Waals surface area contributed by atoms with Crippen molar-refractivity contribution in [1.82, 2.24) is 14.2 Å². The molecule has 8 heteroatoms. The Hall–Kier alpha value is -1.96. The van der Waals surface area contributed by atoms with Crippen molar-refractivity contribution >= 4 is 21.8 Å². The van der Waals surface area contributed by atoms with Crippen LogP contribution < -0.4 is 0 Å². The zero-order valence-corrected chi connectivity index (χ0v) is 14.6. The summed E-state index contributed by atoms with van der Waals surface area (Å²) in [5.74, 6) is -1.09. The van der Waals surface area contributed by atoms with Gasteiger partial charge in [-0.3, -0.25) is 14.6 Å². The maximum absolute atomic E-state index is 12.8. The predicted octanol–water partition coefficient (Wildman–Crippen LogP) is 0.883. The molecule has 0 saturated carbocycles. The fraction of sp³-hybridized carbons (Fsp3) is 0.562. The number of carbonyl (C=O) groups is 2. The number of hydrogen-bond donors (Lipinski definition) is 0. The van der Waals surface area contributed by atoms with Crippen molar-refractivity contribution in [3.8, 4) is 0 Å². The van der Waals surface area contributed by atoms with E-state index in [1.165, 1.54) is 0 Å². The summed E-state index contributed by atoms with van der Waals surface area (Å²) in [6.07, 6.45) is 4.40. The van der Waals surface area contributed by atoms with E-state index in [1.54, 1.807) is 29.3 Å². The summed E-state index contributed by atoms with van der Waals surface area (Å²) in [5.41, 5.74) is 0.318. The monoisotopic (exact) mass is 351 g/mol. The molecule has 2 fully saturated rings. The number of aromatic nitrogens is 1. The lowest BCUT2D eigenvalue weighted by atomic mass is 9.94. The molecule has 0 unspecified atom stereocenters. The molecule has 2 aliphatic heterocycles. The first-order valence-corrected chi connectivity index (χ1v) is 9.96. The number of hydrogen-bond acceptors (Lipinski definition) is 5. The molecule has 3 atom stereocenters. The highest BCUT2D eigenvalue weighted by molar-refractivity contribution is 7.88. The molecule has 24 heavy (non-hydrogen) atoms. The minimum absolute atomic E-state index is 0.243. The Labute approximate surface area is 141 Å². The SMILES string of the molecule is CCC[C@H]1C(=O)N(S(C)(=O)=O)[C@H]2CCN(C(=O)c3ccccn3)[C@H]12. The Kier molecular flexibility index (Phi) is 4.33. The number of nitrogens with zero attached hydrogens (tertiary/aromatic N) is 3. The van der Waals surface area contributed by atoms with Gasteiger partial charge in [0, 0.05) is 12.7 Å². The molecule has 130 valence electrons. The van der Waals surface area contributed by atoms with Gasteiger partial charge in [-0.2, -0.15) is 0 Å². The number of rotatable bonds is 4. The van der Waals surface area contributed by atoms with Gasteiger partial charge in [-0.1, -0.05) is 19.4 Å². The van der Waals surface area contributed by atoms with Crippen LogP contribution in [0.1, 0.15) is 36.7 Å². The van der Waals surface area contributed by atoms with Gasteiger partial charge < -0.3 is 4.90 Å². The third kappa shape index (κ3) is 2.68. The van der Waals surface area contributed by atoms with Gasteiger partial charge in [0.1, 0.15) is 5.69 Å². The number of fused-ring (bicyclic) bond motifs is 1. The van der Waals surface area contributed by atoms with Crippen LogP contribution in [-0.4, -0.2) is 59.3 Å². The topological polar surface area (TPSA) is 87.7 Å². The van der Waals surface area contributed by atoms with Crippen LogP contribution in [0.2, 0.25) is 0 Å². The fourth-order valence-corrected chi connectivity index (χ4v) is 5.09. The summed E-state index contributed by atoms with van der Waals surface area (Å²) in [7, 11) is -3.64. The summed E-state index contributed by atoms with van der Waals surface area (Å²) >= 11 is 0. The minimum atomic E-state index is -3.64. The maximum atomic E-state index is 12.8. The smallest absolute Gasteiger partial charge is 0.272 e. The summed E-state index contributed by atoms with van der Waals surface area (Å²) in [6, 6.07) is 4.24. The average molecular weight is 351 g/mol. The van der Waals surface area contributed by atoms with Gasteiger partial charge >= 0.3 is 0 Å². The van der Waals surface area contributed by atoms with Crippen molar-refractivity contribution in [2.45, 2.75) is 38.3 Å². The zero-order chi connectivity index (χ0) is 17.5. The normalized spacial score (nSPS) is 26.8. The summed E-state index contributed by atoms with van der Waals surface area (Å²) in [6.45, 7) is 2.38. The molecule has 0 bridgehead atoms. The quantitative estimate of drug-likeness (QED) is 0.804. The molecule has 2 aliphatic rings. The highest BCUT2D eigenvalue weighted by atomic mass is 32.2. The molecule has 0 aliphatic carbocycles. The lowest BCUT2D eigenvalue weighted by molar-refractivity contribution is -0.128. The second kappa shape index (κ2) is 6.16. The fourth-order valence-electron chi connectivity index (χ4n) is 3.90. The third-order valence-electron chi connectivity index (χ3n) is 4.77. The predicted molar refractivity (Wildman–Crippen MR) is 87.6 cm³/mol. The van der Waals surface area contributed by atoms with E-state index < -0.39 is 28.0 Å². The first-order valence-electron chi connectivity index (χ1n) is 8.11. The van der Waals surface area contributed by atoms with Crippen LogP contribution in [0.5, 0.6) is 0 Å². The van der Waals surface area contributed by atoms with E-state index in [0.717, 1.165) is 17.0 Å². The summed E-state index contributed by atoms with van der Waals surface area (Å²) in [4.78, 5) is 31.2. The molecule has 7 nitrogen and oxygen atoms in total. The van der Waals surface area contributed by atoms with E-state index >= 15 is 0 Å². The molecular weight excluding hydrogens is 330 g/mol. The second-order valence-corrected chi connectivity index (χ2v) is 8.21. The molecule has 1 aromatic rings. The van der Waals surface area contributed by atoms with E-state index in [1.807, 2.05) is 6.92 Å². The van der Waals surface area contributed by atoms with Crippen LogP contribution in [-0.2, 0) is 14.8 Å². The number of pyridine rings is 1. The molecule has 2 saturated heterocycles. The first kappa shape index (κ1) is 16.9. The highest BCUT2D eigenvalue weighted by Gasteiger charge is 2.57. The number of sulfonamides is 1. The Morgan fingerprint density at radius 2 is 2.12 bits per heavy atom. The summed E-state index contributed by atoms with van der Waals surface area (Å²) in [5, 5.41) is 0. The highest BCUT2D eigenvalue weighted by Crippen LogP contribution is 2.40. The molecule has 0 spiro atoms. The van der Waals surface area contributed by atoms with E-state index in [9.17, 15) is 18.0 Å². The van der Waals surface area contributed by atoms with Gasteiger partial charge in [-0.15, -0.1) is 0 Å². The van der Waals surface area contributed by atoms with Gasteiger partial charge in [0.15, 0.2) is 0 Å². The average Bonchev–Trinajstić information content (AvgIpc) is 3.06. The molecule has 1 aromatic heterocycles. The van der Waals surface area contributed by atoms with Gasteiger partial charge in [-0.05, 0) is 25.0 Å². The van der Waals surface area contributed by atoms with E-state index in [4.69, 9.17) is 0 Å². The van der Waals surface area contributed by atoms with Crippen LogP contribution in [0.4, 0.5) is 0 Å². The van der Waals surface area contributed by atoms with Crippen LogP contribution >= 0.6 is 0 Å². The van der Waals surface area contributed by atoms with Crippen molar-refractivity contribution < 1.29 is 18.0 Å². The second-order valence-electron chi connectivity index (χ2n) is 6.35. The lowest BCUT2D eigenvalue weighted by Gasteiger charge is -2.27. The maximum Gasteiger partial charge on any atom is 0.272 e. The van der Waals surface area contributed by atoms with Crippen LogP contribution in [0.3, 0.4) is 0 Å². The molecule has 0 N–H and O–H groups in total. The molecule has 3 rings (SSSR count). The number of likely N-dealkylation sites (tertiary alicyclic amines) is 1. The standard InChI is InChI=1S/C16H21N3O4S/c1-3-6-11-14-13(19(15(11)20)24(2,22)23)8-10-18(14)16(21)12-7-4-5-9-17-12/h4-5,7,9,11,13-14H,3,6,8,10H2,1-2H3/t11-,13+,14-/m1/s1. The lowest BCUT2D eigenvalue weighted by Crippen LogP contribution is -2.43. The van der Waals surface area contributed by atoms with Crippen molar-refractivity contribution in [3.05, 3.63) is 30.1 Å². The minimum Gasteiger partial charge on any atom is -0.331 e. The van der Waals surface area contributed by atoms with Gasteiger partial charge in [0.2, 0.25) is 15.9 Å². The Bertz CT molecular complexity index is 750. The van der Waals surface area contributed by atoms with E-state index in [2.05, 4.69) is 4.98 Å². The van der Waals surface area contributed by atoms with Crippen molar-refractivity contribution in [2.75, 3.05) is 12.8 Å². The Balaban J connectivity index is 1.96. The van der Waals surface area contributed by atoms with Gasteiger partial charge in [-0.25, -0.2) is 12.7 Å². The Morgan fingerprint density at radius 1 is 1.38 bits per heavy atom. The van der Waals surface area contributed by atoms with Gasteiger partial charge in [0.25, 0.3) is 5.91 Å². The zero-order valence-electron chi connectivity index (χ0n) is 13.8. The van der Waals surface area contributed by atoms with Crippen molar-refractivity contribution in [2.24, 2.45) is 5.92 Å². The molecular formula is C16H21N3O4S. The van der Waals surface area contributed by atoms with Gasteiger partial charge in [0.05, 0.1) is 24.3 Å². The number of amides is 2. The molecule has 2 amide bonds.